The first-order valence-electron chi connectivity index (χ1n) is 11.7. The Kier molecular flexibility index (Phi) is 8.16. The second-order valence-electron chi connectivity index (χ2n) is 8.19. The minimum absolute atomic E-state index is 0.131. The van der Waals surface area contributed by atoms with E-state index in [9.17, 15) is 9.59 Å². The lowest BCUT2D eigenvalue weighted by atomic mass is 9.97. The number of nitrogens with zero attached hydrogens (tertiary/aromatic N) is 4. The van der Waals surface area contributed by atoms with Gasteiger partial charge in [-0.3, -0.25) is 9.36 Å². The molecule has 1 aliphatic carbocycles. The molecule has 0 aliphatic heterocycles. The summed E-state index contributed by atoms with van der Waals surface area (Å²) < 4.78 is 2.92. The van der Waals surface area contributed by atoms with E-state index in [1.807, 2.05) is 28.8 Å². The summed E-state index contributed by atoms with van der Waals surface area (Å²) in [7, 11) is 0. The lowest BCUT2D eigenvalue weighted by Crippen LogP contribution is -2.32. The smallest absolute Gasteiger partial charge is 0.304 e. The van der Waals surface area contributed by atoms with Crippen molar-refractivity contribution in [3.05, 3.63) is 46.0 Å². The van der Waals surface area contributed by atoms with Crippen LogP contribution >= 0.6 is 23.1 Å². The molecule has 0 unspecified atom stereocenters. The highest BCUT2D eigenvalue weighted by molar-refractivity contribution is 8.00. The number of amides is 1. The molecule has 176 valence electrons. The van der Waals surface area contributed by atoms with Gasteiger partial charge in [-0.25, -0.2) is 9.78 Å². The van der Waals surface area contributed by atoms with Gasteiger partial charge in [0.05, 0.1) is 16.0 Å². The number of aromatic nitrogens is 3. The zero-order chi connectivity index (χ0) is 23.2. The van der Waals surface area contributed by atoms with Crippen molar-refractivity contribution < 1.29 is 4.79 Å². The standard InChI is InChI=1S/C24H31N5O2S2/c1-3-28(4-2)14-9-15-29-19-12-7-5-10-17(19)22(27-24(29)31)32-16-21(30)26-23-25-18-11-6-8-13-20(18)33-23/h6,8,11,13H,3-5,7,9-10,12,14-16H2,1-2H3,(H,25,26,30). The first kappa shape index (κ1) is 23.9. The number of thioether (sulfide) groups is 1. The summed E-state index contributed by atoms with van der Waals surface area (Å²) in [5, 5.41) is 4.20. The van der Waals surface area contributed by atoms with Crippen molar-refractivity contribution in [3.63, 3.8) is 0 Å². The number of carbonyl (C=O) groups is 1. The van der Waals surface area contributed by atoms with Crippen LogP contribution in [-0.4, -0.2) is 50.7 Å². The summed E-state index contributed by atoms with van der Waals surface area (Å²) in [4.78, 5) is 36.7. The average molecular weight is 486 g/mol. The van der Waals surface area contributed by atoms with Crippen molar-refractivity contribution in [3.8, 4) is 0 Å². The third-order valence-corrected chi connectivity index (χ3v) is 8.05. The number of para-hydroxylation sites is 1. The number of fused-ring (bicyclic) bond motifs is 2. The predicted octanol–water partition coefficient (Wildman–Crippen LogP) is 4.19. The zero-order valence-electron chi connectivity index (χ0n) is 19.3. The number of anilines is 1. The van der Waals surface area contributed by atoms with Crippen molar-refractivity contribution in [2.75, 3.05) is 30.7 Å². The maximum Gasteiger partial charge on any atom is 0.348 e. The van der Waals surface area contributed by atoms with Crippen LogP contribution in [0.2, 0.25) is 0 Å². The van der Waals surface area contributed by atoms with Gasteiger partial charge < -0.3 is 10.2 Å². The summed E-state index contributed by atoms with van der Waals surface area (Å²) >= 11 is 2.82. The molecule has 0 spiro atoms. The second kappa shape index (κ2) is 11.3. The van der Waals surface area contributed by atoms with Crippen LogP contribution in [0.3, 0.4) is 0 Å². The van der Waals surface area contributed by atoms with Crippen molar-refractivity contribution in [2.45, 2.75) is 57.5 Å². The Morgan fingerprint density at radius 3 is 2.76 bits per heavy atom. The van der Waals surface area contributed by atoms with E-state index in [1.165, 1.54) is 23.1 Å². The molecule has 1 amide bonds. The maximum atomic E-state index is 12.9. The maximum absolute atomic E-state index is 12.9. The van der Waals surface area contributed by atoms with E-state index >= 15 is 0 Å². The Hall–Kier alpha value is -2.23. The number of hydrogen-bond donors (Lipinski definition) is 1. The molecule has 0 saturated heterocycles. The SMILES string of the molecule is CCN(CC)CCCn1c2c(c(SCC(=O)Nc3nc4ccccc4s3)nc1=O)CCCC2. The van der Waals surface area contributed by atoms with Crippen molar-refractivity contribution in [1.82, 2.24) is 19.4 Å². The van der Waals surface area contributed by atoms with Crippen LogP contribution < -0.4 is 11.0 Å². The van der Waals surface area contributed by atoms with E-state index in [1.54, 1.807) is 0 Å². The van der Waals surface area contributed by atoms with Gasteiger partial charge in [0.1, 0.15) is 5.03 Å². The molecule has 0 fully saturated rings. The van der Waals surface area contributed by atoms with Gasteiger partial charge in [-0.1, -0.05) is 49.1 Å². The van der Waals surface area contributed by atoms with Gasteiger partial charge in [0.25, 0.3) is 0 Å². The van der Waals surface area contributed by atoms with Gasteiger partial charge in [0, 0.05) is 17.8 Å². The minimum atomic E-state index is -0.190. The van der Waals surface area contributed by atoms with E-state index in [2.05, 4.69) is 34.0 Å². The number of hydrogen-bond acceptors (Lipinski definition) is 7. The number of nitrogens with one attached hydrogen (secondary N) is 1. The third kappa shape index (κ3) is 5.83. The highest BCUT2D eigenvalue weighted by Gasteiger charge is 2.21. The van der Waals surface area contributed by atoms with E-state index in [-0.39, 0.29) is 17.3 Å². The lowest BCUT2D eigenvalue weighted by molar-refractivity contribution is -0.113. The van der Waals surface area contributed by atoms with E-state index < -0.39 is 0 Å². The fourth-order valence-corrected chi connectivity index (χ4v) is 6.06. The summed E-state index contributed by atoms with van der Waals surface area (Å²) in [6.45, 7) is 8.06. The van der Waals surface area contributed by atoms with E-state index in [0.717, 1.165) is 73.2 Å². The highest BCUT2D eigenvalue weighted by Crippen LogP contribution is 2.29. The number of carbonyl (C=O) groups excluding carboxylic acids is 1. The topological polar surface area (TPSA) is 80.1 Å². The van der Waals surface area contributed by atoms with Gasteiger partial charge in [0.2, 0.25) is 5.91 Å². The predicted molar refractivity (Wildman–Crippen MR) is 137 cm³/mol. The third-order valence-electron chi connectivity index (χ3n) is 6.08. The Balaban J connectivity index is 1.43. The first-order chi connectivity index (χ1) is 16.1. The van der Waals surface area contributed by atoms with Crippen LogP contribution in [-0.2, 0) is 24.2 Å². The van der Waals surface area contributed by atoms with E-state index in [4.69, 9.17) is 0 Å². The Morgan fingerprint density at radius 2 is 1.97 bits per heavy atom. The van der Waals surface area contributed by atoms with Crippen LogP contribution in [0.15, 0.2) is 34.1 Å². The van der Waals surface area contributed by atoms with Gasteiger partial charge >= 0.3 is 5.69 Å². The van der Waals surface area contributed by atoms with Gasteiger partial charge in [0.15, 0.2) is 5.13 Å². The first-order valence-corrected chi connectivity index (χ1v) is 13.5. The Labute approximate surface area is 202 Å². The molecule has 0 bridgehead atoms. The zero-order valence-corrected chi connectivity index (χ0v) is 20.9. The van der Waals surface area contributed by atoms with Gasteiger partial charge in [-0.05, 0) is 63.9 Å². The molecule has 0 atom stereocenters. The minimum Gasteiger partial charge on any atom is -0.304 e. The number of benzene rings is 1. The molecule has 1 N–H and O–H groups in total. The summed E-state index contributed by atoms with van der Waals surface area (Å²) in [5.74, 6) is 0.0784. The second-order valence-corrected chi connectivity index (χ2v) is 10.2. The number of thiazole rings is 1. The molecule has 3 aromatic rings. The van der Waals surface area contributed by atoms with Gasteiger partial charge in [-0.2, -0.15) is 4.98 Å². The fourth-order valence-electron chi connectivity index (χ4n) is 4.30. The van der Waals surface area contributed by atoms with Crippen LogP contribution in [0.4, 0.5) is 5.13 Å². The molecule has 7 nitrogen and oxygen atoms in total. The summed E-state index contributed by atoms with van der Waals surface area (Å²) in [5.41, 5.74) is 2.96. The summed E-state index contributed by atoms with van der Waals surface area (Å²) in [6.07, 6.45) is 4.95. The molecule has 2 heterocycles. The molecular formula is C24H31N5O2S2. The highest BCUT2D eigenvalue weighted by atomic mass is 32.2. The molecule has 33 heavy (non-hydrogen) atoms. The van der Waals surface area contributed by atoms with Crippen LogP contribution in [0.1, 0.15) is 44.4 Å². The van der Waals surface area contributed by atoms with E-state index in [0.29, 0.717) is 16.7 Å². The van der Waals surface area contributed by atoms with Crippen LogP contribution in [0.5, 0.6) is 0 Å². The molecule has 0 radical (unpaired) electrons. The van der Waals surface area contributed by atoms with Crippen molar-refractivity contribution in [1.29, 1.82) is 0 Å². The fraction of sp³-hybridized carbons (Fsp3) is 0.500. The molecule has 9 heteroatoms. The largest absolute Gasteiger partial charge is 0.348 e. The molecule has 0 saturated carbocycles. The average Bonchev–Trinajstić information content (AvgIpc) is 3.24. The van der Waals surface area contributed by atoms with Crippen molar-refractivity contribution >= 4 is 44.4 Å². The molecule has 4 rings (SSSR count). The van der Waals surface area contributed by atoms with Crippen molar-refractivity contribution in [2.24, 2.45) is 0 Å². The monoisotopic (exact) mass is 485 g/mol. The Morgan fingerprint density at radius 1 is 1.18 bits per heavy atom. The lowest BCUT2D eigenvalue weighted by Gasteiger charge is -2.23. The number of rotatable bonds is 10. The van der Waals surface area contributed by atoms with Gasteiger partial charge in [-0.15, -0.1) is 0 Å². The van der Waals surface area contributed by atoms with Crippen LogP contribution in [0, 0.1) is 0 Å². The Bertz CT molecular complexity index is 1140. The molecule has 2 aromatic heterocycles. The summed E-state index contributed by atoms with van der Waals surface area (Å²) in [6, 6.07) is 7.82. The quantitative estimate of drug-likeness (QED) is 0.343. The normalized spacial score (nSPS) is 13.4. The molecular weight excluding hydrogens is 454 g/mol. The molecule has 1 aliphatic rings. The molecule has 1 aromatic carbocycles. The van der Waals surface area contributed by atoms with Crippen LogP contribution in [0.25, 0.3) is 10.2 Å².